The van der Waals surface area contributed by atoms with Gasteiger partial charge < -0.3 is 0 Å². The third-order valence-corrected chi connectivity index (χ3v) is 3.60. The lowest BCUT2D eigenvalue weighted by Crippen LogP contribution is -2.45. The predicted octanol–water partition coefficient (Wildman–Crippen LogP) is 0.250. The van der Waals surface area contributed by atoms with Crippen LogP contribution in [0.25, 0.3) is 0 Å². The quantitative estimate of drug-likeness (QED) is 0.829. The van der Waals surface area contributed by atoms with E-state index in [2.05, 4.69) is 20.2 Å². The number of aliphatic imine (C=N–C) groups is 2. The Morgan fingerprint density at radius 2 is 2.00 bits per heavy atom. The van der Waals surface area contributed by atoms with Crippen LogP contribution in [0.5, 0.6) is 0 Å². The second-order valence-electron chi connectivity index (χ2n) is 3.74. The Kier molecular flexibility index (Phi) is 2.69. The van der Waals surface area contributed by atoms with Crippen molar-refractivity contribution in [3.63, 3.8) is 0 Å². The molecule has 1 aromatic rings. The highest BCUT2D eigenvalue weighted by Crippen LogP contribution is 2.17. The summed E-state index contributed by atoms with van der Waals surface area (Å²) in [5, 5.41) is 1.39. The Balaban J connectivity index is 1.81. The number of hydrogen-bond acceptors (Lipinski definition) is 6. The van der Waals surface area contributed by atoms with Crippen LogP contribution < -0.4 is 10.3 Å². The number of para-hydroxylation sites is 1. The number of hydrogen-bond donors (Lipinski definition) is 2. The second-order valence-corrected chi connectivity index (χ2v) is 5.28. The predicted molar refractivity (Wildman–Crippen MR) is 70.9 cm³/mol. The molecule has 0 fully saturated rings. The van der Waals surface area contributed by atoms with E-state index in [1.807, 2.05) is 0 Å². The average molecular weight is 278 g/mol. The number of benzene rings is 1. The van der Waals surface area contributed by atoms with Crippen LogP contribution in [-0.4, -0.2) is 30.5 Å². The van der Waals surface area contributed by atoms with E-state index in [0.717, 1.165) is 4.41 Å². The van der Waals surface area contributed by atoms with Gasteiger partial charge in [0.25, 0.3) is 0 Å². The topological polar surface area (TPSA) is 89.4 Å². The number of rotatable bonds is 3. The molecule has 19 heavy (non-hydrogen) atoms. The van der Waals surface area contributed by atoms with Crippen molar-refractivity contribution in [3.8, 4) is 0 Å². The van der Waals surface area contributed by atoms with Gasteiger partial charge in [0.2, 0.25) is 0 Å². The number of fused-ring (bicyclic) bond motifs is 1. The van der Waals surface area contributed by atoms with Crippen molar-refractivity contribution in [2.75, 3.05) is 4.72 Å². The Labute approximate surface area is 109 Å². The molecule has 98 valence electrons. The van der Waals surface area contributed by atoms with E-state index < -0.39 is 10.2 Å². The molecule has 3 rings (SSSR count). The molecule has 9 heteroatoms. The highest BCUT2D eigenvalue weighted by Gasteiger charge is 2.29. The fourth-order valence-electron chi connectivity index (χ4n) is 1.55. The highest BCUT2D eigenvalue weighted by atomic mass is 32.2. The Hall–Kier alpha value is -2.39. The molecule has 0 saturated heterocycles. The third kappa shape index (κ3) is 2.28. The maximum absolute atomic E-state index is 12.1. The second kappa shape index (κ2) is 4.37. The lowest BCUT2D eigenvalue weighted by Gasteiger charge is -2.20. The fraction of sp³-hybridized carbons (Fsp3) is 0. The van der Waals surface area contributed by atoms with Crippen LogP contribution in [-0.2, 0) is 10.2 Å². The molecule has 2 aliphatic rings. The van der Waals surface area contributed by atoms with Crippen LogP contribution in [0.15, 0.2) is 52.3 Å². The van der Waals surface area contributed by atoms with Gasteiger partial charge in [-0.05, 0) is 12.1 Å². The van der Waals surface area contributed by atoms with Crippen LogP contribution in [0.1, 0.15) is 0 Å². The van der Waals surface area contributed by atoms with Crippen LogP contribution in [0, 0.1) is 0 Å². The lowest BCUT2D eigenvalue weighted by molar-refractivity contribution is 0.285. The summed E-state index contributed by atoms with van der Waals surface area (Å²) in [6, 6.07) is 8.61. The summed E-state index contributed by atoms with van der Waals surface area (Å²) in [6.45, 7) is 0. The zero-order valence-electron chi connectivity index (χ0n) is 9.63. The van der Waals surface area contributed by atoms with Gasteiger partial charge in [0, 0.05) is 0 Å². The van der Waals surface area contributed by atoms with E-state index in [9.17, 15) is 8.42 Å². The molecule has 1 aromatic carbocycles. The molecular formula is C10H10N6O2S. The van der Waals surface area contributed by atoms with E-state index in [4.69, 9.17) is 0 Å². The van der Waals surface area contributed by atoms with E-state index in [-0.39, 0.29) is 0 Å². The molecule has 8 nitrogen and oxygen atoms in total. The van der Waals surface area contributed by atoms with E-state index in [1.165, 1.54) is 23.9 Å². The highest BCUT2D eigenvalue weighted by molar-refractivity contribution is 7.90. The maximum atomic E-state index is 12.1. The molecule has 0 bridgehead atoms. The summed E-state index contributed by atoms with van der Waals surface area (Å²) < 4.78 is 27.6. The monoisotopic (exact) mass is 278 g/mol. The number of nitrogens with one attached hydrogen (secondary N) is 2. The smallest absolute Gasteiger partial charge is 0.265 e. The van der Waals surface area contributed by atoms with Gasteiger partial charge in [-0.25, -0.2) is 15.0 Å². The third-order valence-electron chi connectivity index (χ3n) is 2.40. The SMILES string of the molecule is O=S(=O)(Nc1ccccc1)N1C=C2N=CN=CN2N1. The first kappa shape index (κ1) is 11.7. The first-order valence-corrected chi connectivity index (χ1v) is 6.79. The van der Waals surface area contributed by atoms with Gasteiger partial charge in [-0.1, -0.05) is 18.2 Å². The zero-order chi connectivity index (χ0) is 13.3. The van der Waals surface area contributed by atoms with Gasteiger partial charge in [0.1, 0.15) is 12.7 Å². The summed E-state index contributed by atoms with van der Waals surface area (Å²) in [5.74, 6) is 0.438. The van der Waals surface area contributed by atoms with Crippen molar-refractivity contribution >= 4 is 28.6 Å². The number of hydrazine groups is 2. The average Bonchev–Trinajstić information content (AvgIpc) is 2.84. The molecule has 0 spiro atoms. The Bertz CT molecular complexity index is 667. The van der Waals surface area contributed by atoms with Crippen molar-refractivity contribution < 1.29 is 8.42 Å². The molecule has 2 heterocycles. The fourth-order valence-corrected chi connectivity index (χ4v) is 2.51. The van der Waals surface area contributed by atoms with Crippen molar-refractivity contribution in [3.05, 3.63) is 42.4 Å². The van der Waals surface area contributed by atoms with Gasteiger partial charge >= 0.3 is 10.2 Å². The van der Waals surface area contributed by atoms with Gasteiger partial charge in [0.05, 0.1) is 11.9 Å². The summed E-state index contributed by atoms with van der Waals surface area (Å²) in [5.41, 5.74) is 3.09. The molecule has 0 amide bonds. The lowest BCUT2D eigenvalue weighted by atomic mass is 10.3. The largest absolute Gasteiger partial charge is 0.338 e. The molecule has 0 radical (unpaired) electrons. The Morgan fingerprint density at radius 1 is 1.21 bits per heavy atom. The Morgan fingerprint density at radius 3 is 2.74 bits per heavy atom. The minimum atomic E-state index is -3.75. The van der Waals surface area contributed by atoms with Gasteiger partial charge in [-0.2, -0.15) is 12.8 Å². The van der Waals surface area contributed by atoms with Crippen LogP contribution in [0.3, 0.4) is 0 Å². The molecule has 0 unspecified atom stereocenters. The van der Waals surface area contributed by atoms with E-state index in [0.29, 0.717) is 11.5 Å². The molecule has 0 aliphatic carbocycles. The summed E-state index contributed by atoms with van der Waals surface area (Å²) in [4.78, 5) is 7.71. The summed E-state index contributed by atoms with van der Waals surface area (Å²) in [7, 11) is -3.75. The summed E-state index contributed by atoms with van der Waals surface area (Å²) >= 11 is 0. The molecule has 2 aliphatic heterocycles. The zero-order valence-corrected chi connectivity index (χ0v) is 10.4. The van der Waals surface area contributed by atoms with Crippen LogP contribution in [0.2, 0.25) is 0 Å². The molecule has 0 aromatic heterocycles. The minimum absolute atomic E-state index is 0.438. The minimum Gasteiger partial charge on any atom is -0.265 e. The first-order valence-electron chi connectivity index (χ1n) is 5.35. The molecule has 0 saturated carbocycles. The van der Waals surface area contributed by atoms with Crippen LogP contribution >= 0.6 is 0 Å². The van der Waals surface area contributed by atoms with Crippen molar-refractivity contribution in [1.29, 1.82) is 0 Å². The van der Waals surface area contributed by atoms with Crippen molar-refractivity contribution in [2.24, 2.45) is 9.98 Å². The van der Waals surface area contributed by atoms with Crippen LogP contribution in [0.4, 0.5) is 5.69 Å². The van der Waals surface area contributed by atoms with E-state index in [1.54, 1.807) is 30.3 Å². The first-order chi connectivity index (χ1) is 9.15. The van der Waals surface area contributed by atoms with Gasteiger partial charge in [-0.15, -0.1) is 5.53 Å². The molecule has 2 N–H and O–H groups in total. The molecule has 0 atom stereocenters. The van der Waals surface area contributed by atoms with Gasteiger partial charge in [-0.3, -0.25) is 4.72 Å². The normalized spacial score (nSPS) is 17.4. The number of nitrogens with zero attached hydrogens (tertiary/aromatic N) is 4. The van der Waals surface area contributed by atoms with Crippen molar-refractivity contribution in [2.45, 2.75) is 0 Å². The summed E-state index contributed by atoms with van der Waals surface area (Å²) in [6.07, 6.45) is 4.12. The van der Waals surface area contributed by atoms with E-state index >= 15 is 0 Å². The standard InChI is InChI=1S/C10H10N6O2S/c17-19(18,13-9-4-2-1-3-5-9)16-6-10-12-7-11-8-15(10)14-16/h1-8,13-14H. The van der Waals surface area contributed by atoms with Crippen molar-refractivity contribution in [1.82, 2.24) is 15.0 Å². The maximum Gasteiger partial charge on any atom is 0.338 e. The van der Waals surface area contributed by atoms with Gasteiger partial charge in [0.15, 0.2) is 5.82 Å². The number of anilines is 1. The molecular weight excluding hydrogens is 268 g/mol.